The van der Waals surface area contributed by atoms with Crippen LogP contribution < -0.4 is 0 Å². The van der Waals surface area contributed by atoms with E-state index in [1.165, 1.54) is 12.2 Å². The fourth-order valence-electron chi connectivity index (χ4n) is 1.95. The first-order valence-electron chi connectivity index (χ1n) is 6.55. The topological polar surface area (TPSA) is 0 Å². The van der Waals surface area contributed by atoms with Crippen LogP contribution >= 0.6 is 17.5 Å². The van der Waals surface area contributed by atoms with Crippen molar-refractivity contribution in [3.8, 4) is 0 Å². The van der Waals surface area contributed by atoms with Crippen LogP contribution in [0.25, 0.3) is 0 Å². The molecule has 0 bridgehead atoms. The first kappa shape index (κ1) is 25.0. The van der Waals surface area contributed by atoms with Crippen LogP contribution in [-0.4, -0.2) is 16.5 Å². The molecule has 0 saturated carbocycles. The van der Waals surface area contributed by atoms with Crippen molar-refractivity contribution in [2.75, 3.05) is 6.16 Å². The van der Waals surface area contributed by atoms with Crippen LogP contribution in [0.15, 0.2) is 12.7 Å². The van der Waals surface area contributed by atoms with Crippen molar-refractivity contribution in [1.82, 2.24) is 0 Å². The van der Waals surface area contributed by atoms with Crippen LogP contribution in [0.5, 0.6) is 0 Å². The molecule has 0 aromatic carbocycles. The van der Waals surface area contributed by atoms with E-state index in [-0.39, 0.29) is 7.92 Å². The summed E-state index contributed by atoms with van der Waals surface area (Å²) in [7, 11) is 4.56. The van der Waals surface area contributed by atoms with Gasteiger partial charge in [0.1, 0.15) is 0 Å². The van der Waals surface area contributed by atoms with Crippen LogP contribution in [0.4, 0.5) is 0 Å². The van der Waals surface area contributed by atoms with Gasteiger partial charge in [-0.2, -0.15) is 0 Å². The summed E-state index contributed by atoms with van der Waals surface area (Å²) in [6.07, 6.45) is 2.87. The average Bonchev–Trinajstić information content (AvgIpc) is 2.14. The summed E-state index contributed by atoms with van der Waals surface area (Å²) in [5, 5.41) is 0.946. The van der Waals surface area contributed by atoms with Gasteiger partial charge in [-0.05, 0) is 21.9 Å². The molecule has 0 saturated heterocycles. The Hall–Kier alpha value is 0.992. The zero-order chi connectivity index (χ0) is 16.5. The summed E-state index contributed by atoms with van der Waals surface area (Å²) in [5.41, 5.74) is 0.465. The van der Waals surface area contributed by atoms with E-state index in [0.29, 0.717) is 15.7 Å². The van der Waals surface area contributed by atoms with E-state index in [1.807, 2.05) is 0 Å². The predicted octanol–water partition coefficient (Wildman–Crippen LogP) is 6.80. The fraction of sp³-hybridized carbons (Fsp3) is 0.812. The predicted molar refractivity (Wildman–Crippen MR) is 92.2 cm³/mol. The van der Waals surface area contributed by atoms with Crippen molar-refractivity contribution in [3.63, 3.8) is 0 Å². The molecule has 0 heterocycles. The van der Waals surface area contributed by atoms with Gasteiger partial charge in [0.15, 0.2) is 0 Å². The van der Waals surface area contributed by atoms with Gasteiger partial charge in [0.25, 0.3) is 0 Å². The van der Waals surface area contributed by atoms with E-state index >= 15 is 0 Å². The van der Waals surface area contributed by atoms with Crippen LogP contribution in [0.2, 0.25) is 0 Å². The summed E-state index contributed by atoms with van der Waals surface area (Å²) in [6, 6.07) is 0. The Morgan fingerprint density at radius 1 is 0.947 bits per heavy atom. The molecule has 19 heavy (non-hydrogen) atoms. The monoisotopic (exact) mass is 398 g/mol. The molecule has 0 fully saturated rings. The molecule has 0 unspecified atom stereocenters. The minimum atomic E-state index is 0.0692. The molecule has 0 nitrogen and oxygen atoms in total. The molecule has 0 rings (SSSR count). The Balaban J connectivity index is -0.000000445. The molecule has 0 spiro atoms. The Labute approximate surface area is 139 Å². The van der Waals surface area contributed by atoms with Crippen molar-refractivity contribution in [2.24, 2.45) is 5.41 Å². The van der Waals surface area contributed by atoms with Gasteiger partial charge in [-0.25, -0.2) is 19.6 Å². The summed E-state index contributed by atoms with van der Waals surface area (Å²) in [6.45, 7) is 28.0. The minimum absolute atomic E-state index is 0.0692. The van der Waals surface area contributed by atoms with Crippen LogP contribution in [-0.2, 0) is 18.2 Å². The van der Waals surface area contributed by atoms with Crippen molar-refractivity contribution >= 4 is 17.5 Å². The van der Waals surface area contributed by atoms with Gasteiger partial charge in [-0.15, -0.1) is 0 Å². The first-order chi connectivity index (χ1) is 8.25. The van der Waals surface area contributed by atoms with Gasteiger partial charge in [0, 0.05) is 0 Å². The van der Waals surface area contributed by atoms with Gasteiger partial charge in [0.2, 0.25) is 0 Å². The Morgan fingerprint density at radius 3 is 1.21 bits per heavy atom. The van der Waals surface area contributed by atoms with E-state index in [2.05, 4.69) is 104 Å². The third kappa shape index (κ3) is 16.9. The molecular formula is C16H34ClPPd. The molecule has 0 aliphatic carbocycles. The second-order valence-corrected chi connectivity index (χ2v) is 11.6. The molecule has 0 amide bonds. The number of hydrogen-bond acceptors (Lipinski definition) is 0. The number of halogens is 1. The third-order valence-electron chi connectivity index (χ3n) is 2.25. The fourth-order valence-corrected chi connectivity index (χ4v) is 5.86. The molecule has 0 atom stereocenters. The van der Waals surface area contributed by atoms with Crippen LogP contribution in [0.3, 0.4) is 0 Å². The Bertz CT molecular complexity index is 204. The molecule has 0 aromatic rings. The van der Waals surface area contributed by atoms with Crippen LogP contribution in [0, 0.1) is 12.3 Å². The van der Waals surface area contributed by atoms with Gasteiger partial charge < -0.3 is 0 Å². The number of allylic oxidation sites excluding steroid dienone is 1. The van der Waals surface area contributed by atoms with Crippen molar-refractivity contribution < 1.29 is 18.2 Å². The summed E-state index contributed by atoms with van der Waals surface area (Å²) < 4.78 is 0. The van der Waals surface area contributed by atoms with Gasteiger partial charge in [-0.3, -0.25) is 0 Å². The standard InChI is InChI=1S/C13H29P.C3H5.ClH.Pd/c1-11(2,3)10-14(12(4,5)6)13(7,8)9;1-3-2;;/h10H2,1-9H3;3H,1-2H2;1H;/q;-1;;+2/p-1. The Morgan fingerprint density at radius 2 is 1.16 bits per heavy atom. The number of rotatable bonds is 1. The maximum atomic E-state index is 4.49. The van der Waals surface area contributed by atoms with Crippen molar-refractivity contribution in [1.29, 1.82) is 0 Å². The van der Waals surface area contributed by atoms with E-state index in [9.17, 15) is 0 Å². The van der Waals surface area contributed by atoms with E-state index in [1.54, 1.807) is 0 Å². The molecule has 0 N–H and O–H groups in total. The molecule has 0 aliphatic rings. The average molecular weight is 399 g/mol. The number of hydrogen-bond donors (Lipinski definition) is 0. The molecule has 0 aromatic heterocycles. The van der Waals surface area contributed by atoms with Gasteiger partial charge in [0.05, 0.1) is 0 Å². The third-order valence-corrected chi connectivity index (χ3v) is 6.76. The second-order valence-electron chi connectivity index (χ2n) is 7.78. The molecular weight excluding hydrogens is 365 g/mol. The zero-order valence-corrected chi connectivity index (χ0v) is 17.5. The zero-order valence-electron chi connectivity index (χ0n) is 14.3. The summed E-state index contributed by atoms with van der Waals surface area (Å²) in [5.74, 6) is 0. The SMILES string of the molecule is C=C[CH2-].CC(C)(C)CP(C(C)(C)C)C(C)(C)C.[Cl][Pd+]. The maximum absolute atomic E-state index is 4.49. The summed E-state index contributed by atoms with van der Waals surface area (Å²) in [4.78, 5) is 0. The molecule has 120 valence electrons. The summed E-state index contributed by atoms with van der Waals surface area (Å²) >= 11 is 2.22. The molecule has 3 heteroatoms. The van der Waals surface area contributed by atoms with E-state index < -0.39 is 0 Å². The second kappa shape index (κ2) is 10.7. The van der Waals surface area contributed by atoms with Gasteiger partial charge >= 0.3 is 27.7 Å². The normalized spacial score (nSPS) is 12.1. The quantitative estimate of drug-likeness (QED) is 0.258. The van der Waals surface area contributed by atoms with Gasteiger partial charge in [-0.1, -0.05) is 70.2 Å². The van der Waals surface area contributed by atoms with Crippen LogP contribution in [0.1, 0.15) is 62.3 Å². The van der Waals surface area contributed by atoms with Crippen molar-refractivity contribution in [3.05, 3.63) is 19.6 Å². The Kier molecular flexibility index (Phi) is 14.0. The molecule has 0 radical (unpaired) electrons. The molecule has 0 aliphatic heterocycles. The van der Waals surface area contributed by atoms with E-state index in [0.717, 1.165) is 0 Å². The first-order valence-corrected chi connectivity index (χ1v) is 10.1. The van der Waals surface area contributed by atoms with E-state index in [4.69, 9.17) is 0 Å². The van der Waals surface area contributed by atoms with Crippen molar-refractivity contribution in [2.45, 2.75) is 72.6 Å².